The molecular formula is C20H28N2O3. The van der Waals surface area contributed by atoms with Gasteiger partial charge >= 0.3 is 0 Å². The molecule has 1 amide bonds. The van der Waals surface area contributed by atoms with E-state index in [1.807, 2.05) is 12.1 Å². The van der Waals surface area contributed by atoms with E-state index in [0.29, 0.717) is 6.04 Å². The van der Waals surface area contributed by atoms with E-state index in [1.54, 1.807) is 7.11 Å². The Labute approximate surface area is 149 Å². The van der Waals surface area contributed by atoms with Crippen LogP contribution in [0.15, 0.2) is 24.3 Å². The smallest absolute Gasteiger partial charge is 0.223 e. The second kappa shape index (κ2) is 7.34. The summed E-state index contributed by atoms with van der Waals surface area (Å²) < 4.78 is 11.2. The molecule has 1 aliphatic heterocycles. The highest BCUT2D eigenvalue weighted by Gasteiger charge is 2.43. The zero-order valence-corrected chi connectivity index (χ0v) is 14.9. The maximum Gasteiger partial charge on any atom is 0.223 e. The van der Waals surface area contributed by atoms with E-state index in [1.165, 1.54) is 18.4 Å². The van der Waals surface area contributed by atoms with Crippen LogP contribution in [0.25, 0.3) is 0 Å². The van der Waals surface area contributed by atoms with Gasteiger partial charge in [-0.2, -0.15) is 0 Å². The quantitative estimate of drug-likeness (QED) is 0.860. The van der Waals surface area contributed by atoms with Gasteiger partial charge in [-0.25, -0.2) is 0 Å². The van der Waals surface area contributed by atoms with Gasteiger partial charge in [0.25, 0.3) is 0 Å². The average molecular weight is 344 g/mol. The minimum absolute atomic E-state index is 0.102. The van der Waals surface area contributed by atoms with Crippen LogP contribution in [0.1, 0.15) is 31.2 Å². The fourth-order valence-electron chi connectivity index (χ4n) is 4.11. The molecular weight excluding hydrogens is 316 g/mol. The normalized spacial score (nSPS) is 29.2. The van der Waals surface area contributed by atoms with Gasteiger partial charge in [-0.3, -0.25) is 9.69 Å². The molecule has 1 saturated heterocycles. The molecule has 1 aromatic carbocycles. The van der Waals surface area contributed by atoms with Gasteiger partial charge < -0.3 is 14.8 Å². The highest BCUT2D eigenvalue weighted by atomic mass is 16.5. The van der Waals surface area contributed by atoms with Crippen molar-refractivity contribution in [3.63, 3.8) is 0 Å². The van der Waals surface area contributed by atoms with Crippen LogP contribution >= 0.6 is 0 Å². The van der Waals surface area contributed by atoms with Crippen molar-refractivity contribution in [2.75, 3.05) is 26.8 Å². The van der Waals surface area contributed by atoms with Crippen molar-refractivity contribution < 1.29 is 14.3 Å². The number of rotatable bonds is 6. The summed E-state index contributed by atoms with van der Waals surface area (Å²) in [6.45, 7) is 3.46. The largest absolute Gasteiger partial charge is 0.497 e. The summed E-state index contributed by atoms with van der Waals surface area (Å²) in [7, 11) is 1.69. The van der Waals surface area contributed by atoms with Crippen molar-refractivity contribution in [3.8, 4) is 5.75 Å². The van der Waals surface area contributed by atoms with Crippen molar-refractivity contribution in [1.82, 2.24) is 10.2 Å². The predicted molar refractivity (Wildman–Crippen MR) is 95.4 cm³/mol. The zero-order valence-electron chi connectivity index (χ0n) is 14.9. The lowest BCUT2D eigenvalue weighted by Gasteiger charge is -2.37. The number of nitrogens with one attached hydrogen (secondary N) is 1. The Bertz CT molecular complexity index is 599. The highest BCUT2D eigenvalue weighted by Crippen LogP contribution is 2.35. The Morgan fingerprint density at radius 2 is 2.08 bits per heavy atom. The first kappa shape index (κ1) is 16.9. The molecule has 5 heteroatoms. The Balaban J connectivity index is 1.35. The molecule has 25 heavy (non-hydrogen) atoms. The number of morpholine rings is 1. The third-order valence-electron chi connectivity index (χ3n) is 5.83. The SMILES string of the molecule is COc1ccc(CN2CCO[C@@H]3C[C@@H](C(=O)NCC4CC4)C[C@H]32)cc1. The Morgan fingerprint density at radius 1 is 1.28 bits per heavy atom. The maximum atomic E-state index is 12.5. The van der Waals surface area contributed by atoms with E-state index in [4.69, 9.17) is 9.47 Å². The molecule has 3 aliphatic rings. The number of carbonyl (C=O) groups excluding carboxylic acids is 1. The van der Waals surface area contributed by atoms with Gasteiger partial charge in [0.15, 0.2) is 0 Å². The second-order valence-electron chi connectivity index (χ2n) is 7.65. The number of amides is 1. The van der Waals surface area contributed by atoms with Gasteiger partial charge in [-0.1, -0.05) is 12.1 Å². The van der Waals surface area contributed by atoms with Crippen molar-refractivity contribution in [2.45, 2.75) is 44.4 Å². The van der Waals surface area contributed by atoms with Gasteiger partial charge in [0.1, 0.15) is 5.75 Å². The highest BCUT2D eigenvalue weighted by molar-refractivity contribution is 5.79. The third-order valence-corrected chi connectivity index (χ3v) is 5.83. The number of carbonyl (C=O) groups is 1. The number of hydrogen-bond donors (Lipinski definition) is 1. The van der Waals surface area contributed by atoms with Crippen LogP contribution in [0.4, 0.5) is 0 Å². The molecule has 1 N–H and O–H groups in total. The Morgan fingerprint density at radius 3 is 2.80 bits per heavy atom. The van der Waals surface area contributed by atoms with E-state index >= 15 is 0 Å². The van der Waals surface area contributed by atoms with Crippen LogP contribution in [-0.2, 0) is 16.1 Å². The minimum Gasteiger partial charge on any atom is -0.497 e. The summed E-state index contributed by atoms with van der Waals surface area (Å²) in [6.07, 6.45) is 4.52. The number of ether oxygens (including phenoxy) is 2. The molecule has 136 valence electrons. The molecule has 1 aromatic rings. The van der Waals surface area contributed by atoms with Crippen molar-refractivity contribution in [3.05, 3.63) is 29.8 Å². The molecule has 2 saturated carbocycles. The molecule has 0 unspecified atom stereocenters. The molecule has 2 aliphatic carbocycles. The van der Waals surface area contributed by atoms with E-state index in [0.717, 1.165) is 50.8 Å². The standard InChI is InChI=1S/C20H28N2O3/c1-24-17-6-4-15(5-7-17)13-22-8-9-25-19-11-16(10-18(19)22)20(23)21-12-14-2-3-14/h4-7,14,16,18-19H,2-3,8-13H2,1H3,(H,21,23)/t16-,18+,19+/m0/s1. The van der Waals surface area contributed by atoms with Crippen LogP contribution in [0.5, 0.6) is 5.75 Å². The van der Waals surface area contributed by atoms with E-state index in [9.17, 15) is 4.79 Å². The van der Waals surface area contributed by atoms with Crippen LogP contribution in [0.3, 0.4) is 0 Å². The molecule has 3 atom stereocenters. The summed E-state index contributed by atoms with van der Waals surface area (Å²) >= 11 is 0. The first-order valence-electron chi connectivity index (χ1n) is 9.49. The average Bonchev–Trinajstić information content (AvgIpc) is 3.36. The van der Waals surface area contributed by atoms with Crippen molar-refractivity contribution in [1.29, 1.82) is 0 Å². The lowest BCUT2D eigenvalue weighted by atomic mass is 10.1. The van der Waals surface area contributed by atoms with E-state index < -0.39 is 0 Å². The number of nitrogens with zero attached hydrogens (tertiary/aromatic N) is 1. The van der Waals surface area contributed by atoms with Gasteiger partial charge in [0, 0.05) is 31.6 Å². The fraction of sp³-hybridized carbons (Fsp3) is 0.650. The van der Waals surface area contributed by atoms with Crippen LogP contribution in [-0.4, -0.2) is 49.8 Å². The van der Waals surface area contributed by atoms with Gasteiger partial charge in [-0.05, 0) is 49.3 Å². The summed E-state index contributed by atoms with van der Waals surface area (Å²) in [5.41, 5.74) is 1.28. The lowest BCUT2D eigenvalue weighted by Crippen LogP contribution is -2.47. The monoisotopic (exact) mass is 344 g/mol. The molecule has 0 radical (unpaired) electrons. The Hall–Kier alpha value is -1.59. The van der Waals surface area contributed by atoms with Gasteiger partial charge in [0.05, 0.1) is 19.8 Å². The number of methoxy groups -OCH3 is 1. The maximum absolute atomic E-state index is 12.5. The van der Waals surface area contributed by atoms with Crippen LogP contribution in [0, 0.1) is 11.8 Å². The molecule has 5 nitrogen and oxygen atoms in total. The van der Waals surface area contributed by atoms with E-state index in [-0.39, 0.29) is 17.9 Å². The molecule has 4 rings (SSSR count). The van der Waals surface area contributed by atoms with Crippen LogP contribution < -0.4 is 10.1 Å². The molecule has 3 fully saturated rings. The number of hydrogen-bond acceptors (Lipinski definition) is 4. The van der Waals surface area contributed by atoms with Crippen molar-refractivity contribution in [2.24, 2.45) is 11.8 Å². The molecule has 1 heterocycles. The lowest BCUT2D eigenvalue weighted by molar-refractivity contribution is -0.125. The van der Waals surface area contributed by atoms with E-state index in [2.05, 4.69) is 22.3 Å². The number of benzene rings is 1. The summed E-state index contributed by atoms with van der Waals surface area (Å²) in [6, 6.07) is 8.62. The van der Waals surface area contributed by atoms with Crippen molar-refractivity contribution >= 4 is 5.91 Å². The first-order valence-corrected chi connectivity index (χ1v) is 9.49. The van der Waals surface area contributed by atoms with Crippen LogP contribution in [0.2, 0.25) is 0 Å². The fourth-order valence-corrected chi connectivity index (χ4v) is 4.11. The Kier molecular flexibility index (Phi) is 4.95. The summed E-state index contributed by atoms with van der Waals surface area (Å²) in [5.74, 6) is 1.95. The minimum atomic E-state index is 0.102. The predicted octanol–water partition coefficient (Wildman–Crippen LogP) is 2.20. The molecule has 0 spiro atoms. The third kappa shape index (κ3) is 3.98. The first-order chi connectivity index (χ1) is 12.2. The second-order valence-corrected chi connectivity index (χ2v) is 7.65. The van der Waals surface area contributed by atoms with Gasteiger partial charge in [0.2, 0.25) is 5.91 Å². The summed E-state index contributed by atoms with van der Waals surface area (Å²) in [4.78, 5) is 14.9. The molecule has 0 bridgehead atoms. The molecule has 0 aromatic heterocycles. The number of fused-ring (bicyclic) bond motifs is 1. The van der Waals surface area contributed by atoms with Gasteiger partial charge in [-0.15, -0.1) is 0 Å². The summed E-state index contributed by atoms with van der Waals surface area (Å²) in [5, 5.41) is 3.15. The zero-order chi connectivity index (χ0) is 17.2. The topological polar surface area (TPSA) is 50.8 Å².